The van der Waals surface area contributed by atoms with Gasteiger partial charge in [0.15, 0.2) is 0 Å². The zero-order chi connectivity index (χ0) is 21.7. The number of halogens is 2. The van der Waals surface area contributed by atoms with Gasteiger partial charge >= 0.3 is 25.8 Å². The van der Waals surface area contributed by atoms with Crippen LogP contribution in [-0.4, -0.2) is 9.52 Å². The van der Waals surface area contributed by atoms with E-state index < -0.39 is 0 Å². The van der Waals surface area contributed by atoms with Crippen LogP contribution in [0.5, 0.6) is 0 Å². The Morgan fingerprint density at radius 2 is 1.15 bits per heavy atom. The maximum Gasteiger partial charge on any atom is 4.00 e. The minimum absolute atomic E-state index is 0. The van der Waals surface area contributed by atoms with E-state index in [0.29, 0.717) is 0 Å². The van der Waals surface area contributed by atoms with Gasteiger partial charge in [-0.25, -0.2) is 0 Å². The van der Waals surface area contributed by atoms with Gasteiger partial charge in [-0.2, -0.15) is 35.5 Å². The third kappa shape index (κ3) is 11.2. The first-order valence-corrected chi connectivity index (χ1v) is 13.2. The quantitative estimate of drug-likeness (QED) is 0.346. The van der Waals surface area contributed by atoms with Crippen molar-refractivity contribution in [1.29, 1.82) is 0 Å². The van der Waals surface area contributed by atoms with Crippen LogP contribution in [0.25, 0.3) is 11.1 Å². The molecule has 1 saturated heterocycles. The van der Waals surface area contributed by atoms with Crippen LogP contribution in [0, 0.1) is 12.2 Å². The Kier molecular flexibility index (Phi) is 18.7. The van der Waals surface area contributed by atoms with Crippen LogP contribution in [0.3, 0.4) is 0 Å². The predicted molar refractivity (Wildman–Crippen MR) is 137 cm³/mol. The summed E-state index contributed by atoms with van der Waals surface area (Å²) >= 11 is 0. The van der Waals surface area contributed by atoms with Crippen LogP contribution >= 0.6 is 0 Å². The van der Waals surface area contributed by atoms with Crippen molar-refractivity contribution in [2.75, 3.05) is 0 Å². The second kappa shape index (κ2) is 19.3. The Bertz CT molecular complexity index is 875. The Morgan fingerprint density at radius 3 is 1.44 bits per heavy atom. The molecule has 3 aliphatic rings. The van der Waals surface area contributed by atoms with Crippen molar-refractivity contribution < 1.29 is 50.7 Å². The molecule has 2 aromatic carbocycles. The van der Waals surface area contributed by atoms with Gasteiger partial charge in [0, 0.05) is 9.52 Å². The topological polar surface area (TPSA) is 0 Å². The molecule has 0 spiro atoms. The van der Waals surface area contributed by atoms with Gasteiger partial charge in [0.25, 0.3) is 0 Å². The summed E-state index contributed by atoms with van der Waals surface area (Å²) < 4.78 is 0. The number of benzene rings is 2. The summed E-state index contributed by atoms with van der Waals surface area (Å²) in [5.41, 5.74) is 7.88. The summed E-state index contributed by atoms with van der Waals surface area (Å²) in [6.45, 7) is 4.36. The van der Waals surface area contributed by atoms with E-state index in [9.17, 15) is 0 Å². The first-order valence-electron chi connectivity index (χ1n) is 11.7. The molecule has 0 atom stereocenters. The van der Waals surface area contributed by atoms with Crippen LogP contribution in [0.4, 0.5) is 0 Å². The third-order valence-electron chi connectivity index (χ3n) is 5.64. The van der Waals surface area contributed by atoms with Crippen molar-refractivity contribution >= 4 is 20.7 Å². The van der Waals surface area contributed by atoms with Gasteiger partial charge in [-0.3, -0.25) is 0 Å². The second-order valence-electron chi connectivity index (χ2n) is 7.96. The largest absolute Gasteiger partial charge is 4.00 e. The SMILES string of the molecule is C1CC[Si]C1.CCc1cccc(C2=[C-]CC=C2)c1.CCc1cccc(C2=[C-]CC=C2)c1.[Cl-].[Cl-].[Hf+4]. The van der Waals surface area contributed by atoms with Crippen molar-refractivity contribution in [3.05, 3.63) is 107 Å². The molecular weight excluding hydrogens is 638 g/mol. The molecule has 4 heteroatoms. The normalized spacial score (nSPS) is 14.8. The maximum atomic E-state index is 3.33. The van der Waals surface area contributed by atoms with E-state index in [1.165, 1.54) is 67.8 Å². The molecule has 176 valence electrons. The van der Waals surface area contributed by atoms with Crippen LogP contribution in [-0.2, 0) is 38.7 Å². The van der Waals surface area contributed by atoms with Crippen LogP contribution in [0.1, 0.15) is 61.8 Å². The molecule has 5 rings (SSSR count). The summed E-state index contributed by atoms with van der Waals surface area (Å²) in [5, 5.41) is 0. The van der Waals surface area contributed by atoms with E-state index in [1.54, 1.807) is 0 Å². The van der Waals surface area contributed by atoms with E-state index in [0.717, 1.165) is 25.7 Å². The minimum atomic E-state index is 0. The molecule has 2 aromatic rings. The third-order valence-corrected chi connectivity index (χ3v) is 7.05. The molecule has 0 saturated carbocycles. The fraction of sp³-hybridized carbons (Fsp3) is 0.333. The van der Waals surface area contributed by atoms with E-state index >= 15 is 0 Å². The molecule has 0 N–H and O–H groups in total. The molecule has 0 nitrogen and oxygen atoms in total. The van der Waals surface area contributed by atoms with Gasteiger partial charge in [0.1, 0.15) is 0 Å². The Hall–Kier alpha value is -0.933. The van der Waals surface area contributed by atoms with Crippen LogP contribution < -0.4 is 24.8 Å². The summed E-state index contributed by atoms with van der Waals surface area (Å²) in [4.78, 5) is 0. The second-order valence-corrected chi connectivity index (χ2v) is 9.46. The molecule has 1 heterocycles. The smallest absolute Gasteiger partial charge is 1.00 e. The van der Waals surface area contributed by atoms with Gasteiger partial charge in [-0.15, -0.1) is 47.5 Å². The van der Waals surface area contributed by atoms with Crippen molar-refractivity contribution in [3.8, 4) is 0 Å². The number of rotatable bonds is 4. The van der Waals surface area contributed by atoms with E-state index in [-0.39, 0.29) is 50.7 Å². The molecule has 2 aliphatic carbocycles. The average Bonchev–Trinajstić information content (AvgIpc) is 3.64. The van der Waals surface area contributed by atoms with E-state index in [4.69, 9.17) is 0 Å². The van der Waals surface area contributed by atoms with Crippen LogP contribution in [0.2, 0.25) is 12.1 Å². The van der Waals surface area contributed by atoms with E-state index in [2.05, 4.69) is 98.8 Å². The Labute approximate surface area is 241 Å². The van der Waals surface area contributed by atoms with Gasteiger partial charge in [-0.1, -0.05) is 87.0 Å². The van der Waals surface area contributed by atoms with Gasteiger partial charge in [-0.05, 0) is 12.8 Å². The van der Waals surface area contributed by atoms with Gasteiger partial charge in [0.2, 0.25) is 0 Å². The van der Waals surface area contributed by atoms with Gasteiger partial charge < -0.3 is 24.8 Å². The first kappa shape index (κ1) is 33.1. The molecule has 0 aromatic heterocycles. The molecule has 1 aliphatic heterocycles. The predicted octanol–water partition coefficient (Wildman–Crippen LogP) is 2.12. The number of hydrogen-bond acceptors (Lipinski definition) is 0. The molecule has 2 radical (unpaired) electrons. The fourth-order valence-electron chi connectivity index (χ4n) is 3.75. The molecule has 1 fully saturated rings. The Morgan fingerprint density at radius 1 is 0.706 bits per heavy atom. The number of aryl methyl sites for hydroxylation is 2. The fourth-order valence-corrected chi connectivity index (χ4v) is 5.00. The molecule has 0 bridgehead atoms. The Balaban J connectivity index is 0.000000497. The summed E-state index contributed by atoms with van der Waals surface area (Å²) in [6.07, 6.45) is 22.4. The number of allylic oxidation sites excluding steroid dienone is 8. The van der Waals surface area contributed by atoms with Gasteiger partial charge in [0.05, 0.1) is 0 Å². The summed E-state index contributed by atoms with van der Waals surface area (Å²) in [6, 6.07) is 20.4. The average molecular weight is 672 g/mol. The molecule has 34 heavy (non-hydrogen) atoms. The van der Waals surface area contributed by atoms with Crippen molar-refractivity contribution in [3.63, 3.8) is 0 Å². The van der Waals surface area contributed by atoms with E-state index in [1.807, 2.05) is 0 Å². The zero-order valence-electron chi connectivity index (χ0n) is 20.3. The summed E-state index contributed by atoms with van der Waals surface area (Å²) in [5.74, 6) is 0. The summed E-state index contributed by atoms with van der Waals surface area (Å²) in [7, 11) is 1.31. The first-order chi connectivity index (χ1) is 15.3. The van der Waals surface area contributed by atoms with Crippen LogP contribution in [0.15, 0.2) is 72.8 Å². The standard InChI is InChI=1S/2C13H13.C4H8Si.2ClH.Hf/c2*1-2-11-6-5-9-13(10-11)12-7-3-4-8-12;1-2-4-5-3-1;;;/h2*3,5-7,9-10H,2,4H2,1H3;1-4H2;2*1H;/q2*-1;;;;+4/p-2. The van der Waals surface area contributed by atoms with Crippen molar-refractivity contribution in [2.24, 2.45) is 0 Å². The molecule has 0 amide bonds. The monoisotopic (exact) mass is 672 g/mol. The molecule has 0 unspecified atom stereocenters. The minimum Gasteiger partial charge on any atom is -1.00 e. The maximum absolute atomic E-state index is 3.33. The zero-order valence-corrected chi connectivity index (χ0v) is 26.4. The number of hydrogen-bond donors (Lipinski definition) is 0. The van der Waals surface area contributed by atoms with Crippen molar-refractivity contribution in [2.45, 2.75) is 64.5 Å². The molecular formula is C30H34Cl2HfSi. The van der Waals surface area contributed by atoms with Crippen molar-refractivity contribution in [1.82, 2.24) is 0 Å².